The predicted octanol–water partition coefficient (Wildman–Crippen LogP) is 1.82. The lowest BCUT2D eigenvalue weighted by atomic mass is 9.45. The van der Waals surface area contributed by atoms with Crippen LogP contribution >= 0.6 is 0 Å². The minimum atomic E-state index is -1.14. The zero-order chi connectivity index (χ0) is 21.3. The molecular formula is C23H28N2O5. The van der Waals surface area contributed by atoms with Gasteiger partial charge in [-0.25, -0.2) is 0 Å². The highest BCUT2D eigenvalue weighted by Gasteiger charge is 2.83. The normalized spacial score (nSPS) is 41.6. The Hall–Kier alpha value is -2.38. The van der Waals surface area contributed by atoms with E-state index in [1.54, 1.807) is 0 Å². The van der Waals surface area contributed by atoms with Crippen molar-refractivity contribution in [1.29, 1.82) is 0 Å². The van der Waals surface area contributed by atoms with E-state index in [2.05, 4.69) is 10.2 Å². The van der Waals surface area contributed by atoms with E-state index in [9.17, 15) is 14.7 Å². The number of rotatable bonds is 3. The molecule has 30 heavy (non-hydrogen) atoms. The van der Waals surface area contributed by atoms with Crippen LogP contribution in [0.5, 0.6) is 0 Å². The third-order valence-electron chi connectivity index (χ3n) is 8.16. The Bertz CT molecular complexity index is 961. The first-order valence-corrected chi connectivity index (χ1v) is 10.6. The van der Waals surface area contributed by atoms with Crippen LogP contribution in [0.25, 0.3) is 0 Å². The quantitative estimate of drug-likeness (QED) is 0.578. The Kier molecular flexibility index (Phi) is 4.12. The van der Waals surface area contributed by atoms with Gasteiger partial charge in [0.2, 0.25) is 0 Å². The second-order valence-corrected chi connectivity index (χ2v) is 8.92. The van der Waals surface area contributed by atoms with E-state index in [-0.39, 0.29) is 18.5 Å². The number of carbonyl (C=O) groups is 2. The summed E-state index contributed by atoms with van der Waals surface area (Å²) in [5, 5.41) is 15.2. The monoisotopic (exact) mass is 412 g/mol. The molecule has 0 radical (unpaired) electrons. The number of para-hydroxylation sites is 1. The summed E-state index contributed by atoms with van der Waals surface area (Å²) in [6.45, 7) is 4.63. The Morgan fingerprint density at radius 2 is 2.13 bits per heavy atom. The molecule has 6 rings (SSSR count). The molecule has 1 unspecified atom stereocenters. The summed E-state index contributed by atoms with van der Waals surface area (Å²) in [7, 11) is 1.40. The zero-order valence-electron chi connectivity index (χ0n) is 17.6. The van der Waals surface area contributed by atoms with Crippen molar-refractivity contribution in [3.63, 3.8) is 0 Å². The van der Waals surface area contributed by atoms with Crippen molar-refractivity contribution in [2.24, 2.45) is 11.3 Å². The number of carbonyl (C=O) groups excluding carboxylic acids is 2. The second-order valence-electron chi connectivity index (χ2n) is 8.92. The molecule has 6 atom stereocenters. The molecule has 160 valence electrons. The summed E-state index contributed by atoms with van der Waals surface area (Å²) in [5.74, 6) is -1.11. The van der Waals surface area contributed by atoms with Crippen molar-refractivity contribution in [3.8, 4) is 0 Å². The average molecular weight is 412 g/mol. The lowest BCUT2D eigenvalue weighted by molar-refractivity contribution is -0.189. The minimum Gasteiger partial charge on any atom is -0.468 e. The zero-order valence-corrected chi connectivity index (χ0v) is 17.6. The summed E-state index contributed by atoms with van der Waals surface area (Å²) < 4.78 is 11.1. The Morgan fingerprint density at radius 3 is 2.83 bits per heavy atom. The maximum Gasteiger partial charge on any atom is 0.316 e. The standard InChI is InChI=1S/C23H28N2O5/c1-4-15-12-25-10-9-22-16-7-5-6-8-18(16)24-23(22,25)19(27)11-17(15)21(22,20(28)29-3)13-30-14(2)26/h4-8,17,19,24,27H,9-13H2,1-3H3/b15-4+/t17-,19+,21-,22-,23-/m0/s1. The number of hydrogen-bond acceptors (Lipinski definition) is 7. The van der Waals surface area contributed by atoms with Gasteiger partial charge in [0.15, 0.2) is 0 Å². The molecule has 4 aliphatic heterocycles. The molecular weight excluding hydrogens is 384 g/mol. The number of nitrogens with zero attached hydrogens (tertiary/aromatic N) is 1. The summed E-state index contributed by atoms with van der Waals surface area (Å²) in [4.78, 5) is 28.0. The molecule has 0 aromatic heterocycles. The van der Waals surface area contributed by atoms with Gasteiger partial charge in [-0.3, -0.25) is 14.5 Å². The number of hydrogen-bond donors (Lipinski definition) is 2. The summed E-state index contributed by atoms with van der Waals surface area (Å²) in [6, 6.07) is 7.95. The molecule has 2 N–H and O–H groups in total. The van der Waals surface area contributed by atoms with Crippen LogP contribution in [-0.2, 0) is 24.5 Å². The first-order chi connectivity index (χ1) is 14.4. The SMILES string of the molecule is C/C=C1\CN2CC[C@@]34c5ccccc5N[C@@]23[C@H](O)C[C@@H]1[C@@]4(COC(C)=O)C(=O)OC. The smallest absolute Gasteiger partial charge is 0.316 e. The minimum absolute atomic E-state index is 0.0741. The molecule has 1 aromatic rings. The predicted molar refractivity (Wildman–Crippen MR) is 110 cm³/mol. The first-order valence-electron chi connectivity index (χ1n) is 10.6. The molecule has 4 bridgehead atoms. The molecule has 5 aliphatic rings. The highest BCUT2D eigenvalue weighted by atomic mass is 16.5. The van der Waals surface area contributed by atoms with Crippen molar-refractivity contribution in [2.75, 3.05) is 32.1 Å². The molecule has 7 heteroatoms. The largest absolute Gasteiger partial charge is 0.468 e. The number of benzene rings is 1. The molecule has 1 spiro atoms. The third-order valence-corrected chi connectivity index (χ3v) is 8.16. The van der Waals surface area contributed by atoms with Gasteiger partial charge in [-0.2, -0.15) is 0 Å². The molecule has 4 heterocycles. The number of aliphatic hydroxyl groups excluding tert-OH is 1. The van der Waals surface area contributed by atoms with E-state index >= 15 is 0 Å². The van der Waals surface area contributed by atoms with E-state index in [4.69, 9.17) is 9.47 Å². The number of anilines is 1. The lowest BCUT2D eigenvalue weighted by Crippen LogP contribution is -2.75. The number of nitrogens with one attached hydrogen (secondary N) is 1. The van der Waals surface area contributed by atoms with Gasteiger partial charge in [-0.1, -0.05) is 29.8 Å². The lowest BCUT2D eigenvalue weighted by Gasteiger charge is -2.59. The fourth-order valence-electron chi connectivity index (χ4n) is 7.20. The summed E-state index contributed by atoms with van der Waals surface area (Å²) in [6.07, 6.45) is 2.42. The van der Waals surface area contributed by atoms with E-state index in [0.29, 0.717) is 19.4 Å². The third kappa shape index (κ3) is 1.93. The van der Waals surface area contributed by atoms with Crippen LogP contribution in [0.15, 0.2) is 35.9 Å². The Labute approximate surface area is 176 Å². The Balaban J connectivity index is 1.89. The van der Waals surface area contributed by atoms with Crippen molar-refractivity contribution in [3.05, 3.63) is 41.5 Å². The van der Waals surface area contributed by atoms with Crippen LogP contribution in [0.1, 0.15) is 32.3 Å². The van der Waals surface area contributed by atoms with Crippen molar-refractivity contribution in [1.82, 2.24) is 4.90 Å². The van der Waals surface area contributed by atoms with Crippen LogP contribution in [-0.4, -0.2) is 60.5 Å². The molecule has 3 saturated heterocycles. The van der Waals surface area contributed by atoms with E-state index in [1.807, 2.05) is 37.3 Å². The first kappa shape index (κ1) is 19.6. The van der Waals surface area contributed by atoms with Gasteiger partial charge >= 0.3 is 11.9 Å². The van der Waals surface area contributed by atoms with E-state index < -0.39 is 28.6 Å². The fraction of sp³-hybridized carbons (Fsp3) is 0.565. The second kappa shape index (κ2) is 6.31. The topological polar surface area (TPSA) is 88.1 Å². The maximum absolute atomic E-state index is 13.8. The van der Waals surface area contributed by atoms with Crippen molar-refractivity contribution in [2.45, 2.75) is 43.9 Å². The maximum atomic E-state index is 13.8. The number of aliphatic hydroxyl groups is 1. The summed E-state index contributed by atoms with van der Waals surface area (Å²) >= 11 is 0. The highest BCUT2D eigenvalue weighted by Crippen LogP contribution is 2.72. The van der Waals surface area contributed by atoms with Crippen LogP contribution in [0.2, 0.25) is 0 Å². The van der Waals surface area contributed by atoms with Gasteiger partial charge < -0.3 is 19.9 Å². The van der Waals surface area contributed by atoms with Crippen molar-refractivity contribution < 1.29 is 24.2 Å². The van der Waals surface area contributed by atoms with Gasteiger partial charge in [0.1, 0.15) is 17.7 Å². The fourth-order valence-corrected chi connectivity index (χ4v) is 7.20. The van der Waals surface area contributed by atoms with Gasteiger partial charge in [-0.15, -0.1) is 0 Å². The molecule has 1 aliphatic carbocycles. The number of esters is 2. The average Bonchev–Trinajstić information content (AvgIpc) is 3.17. The number of fused-ring (bicyclic) bond motifs is 3. The van der Waals surface area contributed by atoms with E-state index in [0.717, 1.165) is 23.4 Å². The van der Waals surface area contributed by atoms with Gasteiger partial charge in [0.25, 0.3) is 0 Å². The van der Waals surface area contributed by atoms with Gasteiger partial charge in [-0.05, 0) is 31.4 Å². The van der Waals surface area contributed by atoms with Crippen LogP contribution in [0, 0.1) is 11.3 Å². The van der Waals surface area contributed by atoms with Gasteiger partial charge in [0.05, 0.1) is 18.6 Å². The molecule has 0 amide bonds. The van der Waals surface area contributed by atoms with Crippen molar-refractivity contribution >= 4 is 17.6 Å². The number of ether oxygens (including phenoxy) is 2. The molecule has 1 saturated carbocycles. The highest BCUT2D eigenvalue weighted by molar-refractivity contribution is 5.86. The molecule has 4 fully saturated rings. The van der Waals surface area contributed by atoms with Gasteiger partial charge in [0, 0.05) is 31.6 Å². The van der Waals surface area contributed by atoms with Crippen LogP contribution in [0.3, 0.4) is 0 Å². The van der Waals surface area contributed by atoms with E-state index in [1.165, 1.54) is 14.0 Å². The number of allylic oxidation sites excluding steroid dienone is 1. The molecule has 1 aromatic carbocycles. The number of methoxy groups -OCH3 is 1. The van der Waals surface area contributed by atoms with Crippen LogP contribution < -0.4 is 5.32 Å². The summed E-state index contributed by atoms with van der Waals surface area (Å²) in [5.41, 5.74) is 0.210. The molecule has 7 nitrogen and oxygen atoms in total. The Morgan fingerprint density at radius 1 is 1.37 bits per heavy atom. The van der Waals surface area contributed by atoms with Crippen LogP contribution in [0.4, 0.5) is 5.69 Å².